The fourth-order valence-corrected chi connectivity index (χ4v) is 3.10. The molecule has 0 saturated heterocycles. The standard InChI is InChI=1S/C19H21N3O2/c1-11-8-12(2)21-13(3)19(11)22-17(23)9-14-10-20-15-6-5-7-16(24-4)18(14)15/h5-8,10,20H,9H2,1-4H3,(H,22,23). The number of hydrogen-bond donors (Lipinski definition) is 2. The van der Waals surface area contributed by atoms with Crippen molar-refractivity contribution >= 4 is 22.5 Å². The van der Waals surface area contributed by atoms with Gasteiger partial charge >= 0.3 is 0 Å². The Kier molecular flexibility index (Phi) is 4.25. The summed E-state index contributed by atoms with van der Waals surface area (Å²) in [4.78, 5) is 20.1. The highest BCUT2D eigenvalue weighted by Crippen LogP contribution is 2.29. The van der Waals surface area contributed by atoms with E-state index in [4.69, 9.17) is 4.74 Å². The third kappa shape index (κ3) is 2.97. The molecule has 0 aliphatic heterocycles. The van der Waals surface area contributed by atoms with Crippen LogP contribution < -0.4 is 10.1 Å². The Morgan fingerprint density at radius 3 is 2.79 bits per heavy atom. The van der Waals surface area contributed by atoms with Crippen LogP contribution >= 0.6 is 0 Å². The highest BCUT2D eigenvalue weighted by Gasteiger charge is 2.14. The quantitative estimate of drug-likeness (QED) is 0.769. The molecular formula is C19H21N3O2. The third-order valence-corrected chi connectivity index (χ3v) is 4.11. The molecule has 0 aliphatic carbocycles. The van der Waals surface area contributed by atoms with Crippen molar-refractivity contribution in [3.8, 4) is 5.75 Å². The van der Waals surface area contributed by atoms with Gasteiger partial charge in [0.25, 0.3) is 0 Å². The van der Waals surface area contributed by atoms with E-state index in [0.717, 1.165) is 44.9 Å². The summed E-state index contributed by atoms with van der Waals surface area (Å²) in [7, 11) is 1.64. The lowest BCUT2D eigenvalue weighted by atomic mass is 10.1. The van der Waals surface area contributed by atoms with Crippen molar-refractivity contribution in [1.82, 2.24) is 9.97 Å². The molecule has 0 bridgehead atoms. The molecule has 3 rings (SSSR count). The third-order valence-electron chi connectivity index (χ3n) is 4.11. The molecular weight excluding hydrogens is 302 g/mol. The van der Waals surface area contributed by atoms with Crippen LogP contribution in [0.5, 0.6) is 5.75 Å². The lowest BCUT2D eigenvalue weighted by Gasteiger charge is -2.12. The fraction of sp³-hybridized carbons (Fsp3) is 0.263. The van der Waals surface area contributed by atoms with Crippen molar-refractivity contribution in [2.45, 2.75) is 27.2 Å². The molecule has 24 heavy (non-hydrogen) atoms. The number of nitrogens with zero attached hydrogens (tertiary/aromatic N) is 1. The predicted molar refractivity (Wildman–Crippen MR) is 95.6 cm³/mol. The number of hydrogen-bond acceptors (Lipinski definition) is 3. The molecule has 0 spiro atoms. The van der Waals surface area contributed by atoms with E-state index in [2.05, 4.69) is 15.3 Å². The summed E-state index contributed by atoms with van der Waals surface area (Å²) >= 11 is 0. The van der Waals surface area contributed by atoms with Gasteiger partial charge in [-0.05, 0) is 50.1 Å². The number of methoxy groups -OCH3 is 1. The van der Waals surface area contributed by atoms with Gasteiger partial charge < -0.3 is 15.0 Å². The second kappa shape index (κ2) is 6.35. The normalized spacial score (nSPS) is 10.8. The van der Waals surface area contributed by atoms with Gasteiger partial charge in [-0.25, -0.2) is 0 Å². The van der Waals surface area contributed by atoms with E-state index in [-0.39, 0.29) is 12.3 Å². The highest BCUT2D eigenvalue weighted by molar-refractivity contribution is 5.98. The van der Waals surface area contributed by atoms with Gasteiger partial charge in [0, 0.05) is 22.8 Å². The number of fused-ring (bicyclic) bond motifs is 1. The maximum atomic E-state index is 12.5. The van der Waals surface area contributed by atoms with E-state index in [1.54, 1.807) is 7.11 Å². The molecule has 0 aliphatic rings. The van der Waals surface area contributed by atoms with Crippen LogP contribution in [-0.4, -0.2) is 23.0 Å². The number of aryl methyl sites for hydroxylation is 3. The largest absolute Gasteiger partial charge is 0.496 e. The number of rotatable bonds is 4. The van der Waals surface area contributed by atoms with Crippen molar-refractivity contribution in [1.29, 1.82) is 0 Å². The number of amides is 1. The Balaban J connectivity index is 1.86. The number of nitrogens with one attached hydrogen (secondary N) is 2. The van der Waals surface area contributed by atoms with Gasteiger partial charge in [-0.1, -0.05) is 6.07 Å². The first-order valence-corrected chi connectivity index (χ1v) is 7.87. The number of benzene rings is 1. The lowest BCUT2D eigenvalue weighted by Crippen LogP contribution is -2.16. The molecule has 3 aromatic rings. The minimum Gasteiger partial charge on any atom is -0.496 e. The maximum absolute atomic E-state index is 12.5. The fourth-order valence-electron chi connectivity index (χ4n) is 3.10. The molecule has 0 unspecified atom stereocenters. The monoisotopic (exact) mass is 323 g/mol. The summed E-state index contributed by atoms with van der Waals surface area (Å²) in [5.74, 6) is 0.694. The second-order valence-electron chi connectivity index (χ2n) is 5.96. The Morgan fingerprint density at radius 2 is 2.08 bits per heavy atom. The van der Waals surface area contributed by atoms with Crippen LogP contribution in [0.3, 0.4) is 0 Å². The zero-order valence-electron chi connectivity index (χ0n) is 14.4. The smallest absolute Gasteiger partial charge is 0.228 e. The van der Waals surface area contributed by atoms with Crippen LogP contribution in [0.2, 0.25) is 0 Å². The number of carbonyl (C=O) groups excluding carboxylic acids is 1. The number of aromatic nitrogens is 2. The summed E-state index contributed by atoms with van der Waals surface area (Å²) in [6, 6.07) is 7.76. The van der Waals surface area contributed by atoms with Gasteiger partial charge in [0.2, 0.25) is 5.91 Å². The van der Waals surface area contributed by atoms with Crippen molar-refractivity contribution in [2.24, 2.45) is 0 Å². The topological polar surface area (TPSA) is 67.0 Å². The second-order valence-corrected chi connectivity index (χ2v) is 5.96. The average Bonchev–Trinajstić information content (AvgIpc) is 2.94. The molecule has 5 nitrogen and oxygen atoms in total. The zero-order valence-corrected chi connectivity index (χ0v) is 14.4. The summed E-state index contributed by atoms with van der Waals surface area (Å²) in [6.45, 7) is 5.83. The van der Waals surface area contributed by atoms with Crippen LogP contribution in [0.25, 0.3) is 10.9 Å². The van der Waals surface area contributed by atoms with Gasteiger partial charge in [-0.2, -0.15) is 0 Å². The van der Waals surface area contributed by atoms with Gasteiger partial charge in [-0.3, -0.25) is 9.78 Å². The van der Waals surface area contributed by atoms with E-state index in [1.165, 1.54) is 0 Å². The number of pyridine rings is 1. The highest BCUT2D eigenvalue weighted by atomic mass is 16.5. The summed E-state index contributed by atoms with van der Waals surface area (Å²) in [5.41, 5.74) is 5.46. The first-order valence-electron chi connectivity index (χ1n) is 7.87. The molecule has 2 N–H and O–H groups in total. The van der Waals surface area contributed by atoms with Crippen LogP contribution in [0, 0.1) is 20.8 Å². The first-order chi connectivity index (χ1) is 11.5. The number of H-pyrrole nitrogens is 1. The average molecular weight is 323 g/mol. The zero-order chi connectivity index (χ0) is 17.3. The van der Waals surface area contributed by atoms with Crippen LogP contribution in [0.4, 0.5) is 5.69 Å². The van der Waals surface area contributed by atoms with E-state index >= 15 is 0 Å². The Bertz CT molecular complexity index is 889. The minimum atomic E-state index is -0.0707. The summed E-state index contributed by atoms with van der Waals surface area (Å²) in [5, 5.41) is 3.94. The molecule has 124 valence electrons. The SMILES string of the molecule is COc1cccc2[nH]cc(CC(=O)Nc3c(C)cc(C)nc3C)c12. The Labute approximate surface area is 141 Å². The van der Waals surface area contributed by atoms with Crippen molar-refractivity contribution in [3.63, 3.8) is 0 Å². The maximum Gasteiger partial charge on any atom is 0.228 e. The molecule has 1 amide bonds. The molecule has 0 atom stereocenters. The molecule has 2 aromatic heterocycles. The molecule has 1 aromatic carbocycles. The van der Waals surface area contributed by atoms with E-state index in [0.29, 0.717) is 0 Å². The van der Waals surface area contributed by atoms with Crippen molar-refractivity contribution < 1.29 is 9.53 Å². The minimum absolute atomic E-state index is 0.0707. The van der Waals surface area contributed by atoms with Crippen LogP contribution in [0.15, 0.2) is 30.5 Å². The lowest BCUT2D eigenvalue weighted by molar-refractivity contribution is -0.115. The van der Waals surface area contributed by atoms with Gasteiger partial charge in [-0.15, -0.1) is 0 Å². The number of ether oxygens (including phenoxy) is 1. The van der Waals surface area contributed by atoms with Crippen LogP contribution in [0.1, 0.15) is 22.5 Å². The van der Waals surface area contributed by atoms with E-state index in [9.17, 15) is 4.79 Å². The number of carbonyl (C=O) groups is 1. The molecule has 0 radical (unpaired) electrons. The van der Waals surface area contributed by atoms with Gasteiger partial charge in [0.1, 0.15) is 5.75 Å². The Morgan fingerprint density at radius 1 is 1.29 bits per heavy atom. The van der Waals surface area contributed by atoms with Crippen molar-refractivity contribution in [3.05, 3.63) is 53.0 Å². The van der Waals surface area contributed by atoms with Gasteiger partial charge in [0.05, 0.1) is 24.9 Å². The van der Waals surface area contributed by atoms with Crippen LogP contribution in [-0.2, 0) is 11.2 Å². The van der Waals surface area contributed by atoms with Crippen molar-refractivity contribution in [2.75, 3.05) is 12.4 Å². The molecule has 5 heteroatoms. The Hall–Kier alpha value is -2.82. The summed E-state index contributed by atoms with van der Waals surface area (Å²) < 4.78 is 5.42. The number of aromatic amines is 1. The first kappa shape index (κ1) is 16.1. The predicted octanol–water partition coefficient (Wildman–Crippen LogP) is 3.68. The molecule has 0 saturated carbocycles. The molecule has 0 fully saturated rings. The molecule has 2 heterocycles. The number of anilines is 1. The van der Waals surface area contributed by atoms with Gasteiger partial charge in [0.15, 0.2) is 0 Å². The van der Waals surface area contributed by atoms with E-state index < -0.39 is 0 Å². The summed E-state index contributed by atoms with van der Waals surface area (Å²) in [6.07, 6.45) is 2.13. The van der Waals surface area contributed by atoms with E-state index in [1.807, 2.05) is 51.2 Å².